The zero-order valence-corrected chi connectivity index (χ0v) is 14.6. The van der Waals surface area contributed by atoms with Crippen molar-refractivity contribution in [3.63, 3.8) is 0 Å². The van der Waals surface area contributed by atoms with Gasteiger partial charge in [-0.15, -0.1) is 0 Å². The summed E-state index contributed by atoms with van der Waals surface area (Å²) in [5, 5.41) is 2.90. The van der Waals surface area contributed by atoms with Gasteiger partial charge in [0, 0.05) is 25.0 Å². The minimum absolute atomic E-state index is 0.165. The lowest BCUT2D eigenvalue weighted by Crippen LogP contribution is -2.28. The van der Waals surface area contributed by atoms with E-state index in [1.165, 1.54) is 0 Å². The van der Waals surface area contributed by atoms with E-state index in [9.17, 15) is 4.79 Å². The topological polar surface area (TPSA) is 61.4 Å². The Morgan fingerprint density at radius 2 is 1.92 bits per heavy atom. The molecule has 0 fully saturated rings. The summed E-state index contributed by atoms with van der Waals surface area (Å²) in [5.41, 5.74) is 1.39. The van der Waals surface area contributed by atoms with Crippen LogP contribution >= 0.6 is 0 Å². The molecule has 1 aromatic heterocycles. The van der Waals surface area contributed by atoms with Crippen LogP contribution in [0.1, 0.15) is 23.8 Å². The average molecular weight is 327 g/mol. The fraction of sp³-hybridized carbons (Fsp3) is 0.389. The smallest absolute Gasteiger partial charge is 0.270 e. The van der Waals surface area contributed by atoms with E-state index < -0.39 is 0 Å². The summed E-state index contributed by atoms with van der Waals surface area (Å²) in [4.78, 5) is 25.1. The van der Waals surface area contributed by atoms with Crippen molar-refractivity contribution in [1.82, 2.24) is 20.2 Å². The normalized spacial score (nSPS) is 10.7. The van der Waals surface area contributed by atoms with E-state index in [4.69, 9.17) is 0 Å². The number of rotatable bonds is 8. The molecule has 0 saturated carbocycles. The molecular weight excluding hydrogens is 302 g/mol. The van der Waals surface area contributed by atoms with Crippen LogP contribution in [-0.2, 0) is 0 Å². The Morgan fingerprint density at radius 3 is 2.58 bits per heavy atom. The van der Waals surface area contributed by atoms with Gasteiger partial charge in [0.25, 0.3) is 5.91 Å². The molecule has 1 N–H and O–H groups in total. The SMILES string of the molecule is CCN(c1ccccc1)c1nccc(C(=O)NCCCN(C)C)n1. The van der Waals surface area contributed by atoms with Crippen molar-refractivity contribution in [3.05, 3.63) is 48.3 Å². The molecule has 0 saturated heterocycles. The Balaban J connectivity index is 2.06. The number of aromatic nitrogens is 2. The van der Waals surface area contributed by atoms with Gasteiger partial charge in [-0.1, -0.05) is 18.2 Å². The lowest BCUT2D eigenvalue weighted by molar-refractivity contribution is 0.0947. The third-order valence-electron chi connectivity index (χ3n) is 3.57. The Morgan fingerprint density at radius 1 is 1.17 bits per heavy atom. The molecule has 0 bridgehead atoms. The zero-order chi connectivity index (χ0) is 17.4. The number of para-hydroxylation sites is 1. The van der Waals surface area contributed by atoms with Crippen molar-refractivity contribution >= 4 is 17.5 Å². The molecular formula is C18H25N5O. The van der Waals surface area contributed by atoms with Gasteiger partial charge in [0.2, 0.25) is 5.95 Å². The molecule has 0 aliphatic rings. The van der Waals surface area contributed by atoms with Gasteiger partial charge in [-0.3, -0.25) is 4.79 Å². The van der Waals surface area contributed by atoms with Crippen molar-refractivity contribution < 1.29 is 4.79 Å². The largest absolute Gasteiger partial charge is 0.351 e. The summed E-state index contributed by atoms with van der Waals surface area (Å²) in [6.45, 7) is 4.32. The maximum Gasteiger partial charge on any atom is 0.270 e. The van der Waals surface area contributed by atoms with E-state index in [2.05, 4.69) is 20.2 Å². The molecule has 1 heterocycles. The molecule has 2 rings (SSSR count). The maximum absolute atomic E-state index is 12.3. The van der Waals surface area contributed by atoms with Gasteiger partial charge in [-0.2, -0.15) is 0 Å². The number of carbonyl (C=O) groups excluding carboxylic acids is 1. The molecule has 0 aliphatic carbocycles. The highest BCUT2D eigenvalue weighted by Gasteiger charge is 2.13. The number of anilines is 2. The quantitative estimate of drug-likeness (QED) is 0.754. The number of amides is 1. The highest BCUT2D eigenvalue weighted by Crippen LogP contribution is 2.20. The minimum atomic E-state index is -0.165. The number of hydrogen-bond donors (Lipinski definition) is 1. The lowest BCUT2D eigenvalue weighted by Gasteiger charge is -2.21. The van der Waals surface area contributed by atoms with Crippen molar-refractivity contribution in [3.8, 4) is 0 Å². The van der Waals surface area contributed by atoms with Gasteiger partial charge in [0.15, 0.2) is 0 Å². The molecule has 0 atom stereocenters. The number of benzene rings is 1. The summed E-state index contributed by atoms with van der Waals surface area (Å²) in [6, 6.07) is 11.6. The van der Waals surface area contributed by atoms with E-state index in [0.717, 1.165) is 25.2 Å². The van der Waals surface area contributed by atoms with Crippen LogP contribution < -0.4 is 10.2 Å². The molecule has 0 spiro atoms. The minimum Gasteiger partial charge on any atom is -0.351 e. The summed E-state index contributed by atoms with van der Waals surface area (Å²) < 4.78 is 0. The first kappa shape index (κ1) is 17.9. The van der Waals surface area contributed by atoms with Gasteiger partial charge in [0.1, 0.15) is 5.69 Å². The van der Waals surface area contributed by atoms with Crippen LogP contribution in [0.25, 0.3) is 0 Å². The van der Waals surface area contributed by atoms with Crippen LogP contribution in [0.3, 0.4) is 0 Å². The van der Waals surface area contributed by atoms with E-state index >= 15 is 0 Å². The third kappa shape index (κ3) is 5.03. The van der Waals surface area contributed by atoms with Crippen molar-refractivity contribution in [2.24, 2.45) is 0 Å². The van der Waals surface area contributed by atoms with E-state index in [1.807, 2.05) is 56.3 Å². The van der Waals surface area contributed by atoms with Gasteiger partial charge in [0.05, 0.1) is 0 Å². The standard InChI is InChI=1S/C18H25N5O/c1-4-23(15-9-6-5-7-10-15)18-20-13-11-16(21-18)17(24)19-12-8-14-22(2)3/h5-7,9-11,13H,4,8,12,14H2,1-3H3,(H,19,24). The lowest BCUT2D eigenvalue weighted by atomic mass is 10.3. The van der Waals surface area contributed by atoms with Gasteiger partial charge >= 0.3 is 0 Å². The Labute approximate surface area is 143 Å². The van der Waals surface area contributed by atoms with Gasteiger partial charge in [-0.25, -0.2) is 9.97 Å². The molecule has 2 aromatic rings. The second-order valence-electron chi connectivity index (χ2n) is 5.73. The average Bonchev–Trinajstić information content (AvgIpc) is 2.60. The van der Waals surface area contributed by atoms with E-state index in [-0.39, 0.29) is 5.91 Å². The fourth-order valence-electron chi connectivity index (χ4n) is 2.34. The van der Waals surface area contributed by atoms with Crippen molar-refractivity contribution in [2.75, 3.05) is 38.6 Å². The predicted molar refractivity (Wildman–Crippen MR) is 96.7 cm³/mol. The second-order valence-corrected chi connectivity index (χ2v) is 5.73. The van der Waals surface area contributed by atoms with E-state index in [1.54, 1.807) is 12.3 Å². The molecule has 6 nitrogen and oxygen atoms in total. The van der Waals surface area contributed by atoms with Crippen LogP contribution in [0.4, 0.5) is 11.6 Å². The number of nitrogens with one attached hydrogen (secondary N) is 1. The molecule has 24 heavy (non-hydrogen) atoms. The van der Waals surface area contributed by atoms with Gasteiger partial charge in [-0.05, 0) is 52.2 Å². The predicted octanol–water partition coefficient (Wildman–Crippen LogP) is 2.32. The monoisotopic (exact) mass is 327 g/mol. The molecule has 1 amide bonds. The molecule has 0 radical (unpaired) electrons. The zero-order valence-electron chi connectivity index (χ0n) is 14.6. The first-order valence-electron chi connectivity index (χ1n) is 8.20. The third-order valence-corrected chi connectivity index (χ3v) is 3.57. The molecule has 128 valence electrons. The Hall–Kier alpha value is -2.47. The van der Waals surface area contributed by atoms with E-state index in [0.29, 0.717) is 18.2 Å². The molecule has 0 unspecified atom stereocenters. The molecule has 1 aromatic carbocycles. The second kappa shape index (κ2) is 8.98. The number of hydrogen-bond acceptors (Lipinski definition) is 5. The number of carbonyl (C=O) groups is 1. The first-order valence-corrected chi connectivity index (χ1v) is 8.20. The van der Waals surface area contributed by atoms with Crippen LogP contribution in [-0.4, -0.2) is 54.5 Å². The summed E-state index contributed by atoms with van der Waals surface area (Å²) >= 11 is 0. The Kier molecular flexibility index (Phi) is 6.69. The summed E-state index contributed by atoms with van der Waals surface area (Å²) in [7, 11) is 4.03. The van der Waals surface area contributed by atoms with Crippen LogP contribution in [0.15, 0.2) is 42.6 Å². The van der Waals surface area contributed by atoms with Crippen molar-refractivity contribution in [2.45, 2.75) is 13.3 Å². The highest BCUT2D eigenvalue weighted by atomic mass is 16.1. The van der Waals surface area contributed by atoms with Crippen LogP contribution in [0, 0.1) is 0 Å². The number of nitrogens with zero attached hydrogens (tertiary/aromatic N) is 4. The molecule has 6 heteroatoms. The summed E-state index contributed by atoms with van der Waals surface area (Å²) in [6.07, 6.45) is 2.53. The highest BCUT2D eigenvalue weighted by molar-refractivity contribution is 5.92. The van der Waals surface area contributed by atoms with Crippen molar-refractivity contribution in [1.29, 1.82) is 0 Å². The fourth-order valence-corrected chi connectivity index (χ4v) is 2.34. The molecule has 0 aliphatic heterocycles. The van der Waals surface area contributed by atoms with Crippen LogP contribution in [0.5, 0.6) is 0 Å². The Bertz CT molecular complexity index is 645. The van der Waals surface area contributed by atoms with Gasteiger partial charge < -0.3 is 15.1 Å². The van der Waals surface area contributed by atoms with Crippen LogP contribution in [0.2, 0.25) is 0 Å². The first-order chi connectivity index (χ1) is 11.6. The summed E-state index contributed by atoms with van der Waals surface area (Å²) in [5.74, 6) is 0.367. The maximum atomic E-state index is 12.3.